The van der Waals surface area contributed by atoms with Crippen molar-refractivity contribution < 1.29 is 4.74 Å². The molecule has 188 valence electrons. The van der Waals surface area contributed by atoms with Crippen molar-refractivity contribution in [2.24, 2.45) is 5.92 Å². The van der Waals surface area contributed by atoms with E-state index in [2.05, 4.69) is 32.5 Å². The van der Waals surface area contributed by atoms with Crippen LogP contribution in [0.2, 0.25) is 5.02 Å². The fourth-order valence-electron chi connectivity index (χ4n) is 4.13. The molecule has 5 rings (SSSR count). The van der Waals surface area contributed by atoms with Crippen LogP contribution in [0, 0.1) is 5.92 Å². The third-order valence-electron chi connectivity index (χ3n) is 6.24. The fourth-order valence-corrected chi connectivity index (χ4v) is 4.38. The van der Waals surface area contributed by atoms with Crippen LogP contribution in [-0.2, 0) is 6.54 Å². The summed E-state index contributed by atoms with van der Waals surface area (Å²) in [7, 11) is 0. The number of hydrogen-bond donors (Lipinski definition) is 2. The molecule has 3 aromatic heterocycles. The molecule has 3 heterocycles. The lowest BCUT2D eigenvalue weighted by Crippen LogP contribution is -2.25. The van der Waals surface area contributed by atoms with E-state index in [4.69, 9.17) is 16.3 Å². The van der Waals surface area contributed by atoms with Crippen molar-refractivity contribution in [1.82, 2.24) is 35.0 Å². The fraction of sp³-hybridized carbons (Fsp3) is 0.400. The minimum absolute atomic E-state index is 0.00287. The smallest absolute Gasteiger partial charge is 0.366 e. The molecule has 4 aromatic rings. The summed E-state index contributed by atoms with van der Waals surface area (Å²) in [5, 5.41) is 14.6. The van der Waals surface area contributed by atoms with Gasteiger partial charge in [-0.1, -0.05) is 37.8 Å². The Morgan fingerprint density at radius 1 is 1.14 bits per heavy atom. The largest absolute Gasteiger partial charge is 0.494 e. The first-order chi connectivity index (χ1) is 17.5. The van der Waals surface area contributed by atoms with Crippen molar-refractivity contribution in [2.75, 3.05) is 6.61 Å². The zero-order valence-electron chi connectivity index (χ0n) is 20.0. The van der Waals surface area contributed by atoms with E-state index in [1.54, 1.807) is 16.9 Å². The van der Waals surface area contributed by atoms with E-state index >= 15 is 0 Å². The van der Waals surface area contributed by atoms with Crippen LogP contribution >= 0.6 is 11.6 Å². The number of tetrazole rings is 1. The van der Waals surface area contributed by atoms with Crippen molar-refractivity contribution in [3.63, 3.8) is 0 Å². The molecule has 2 N–H and O–H groups in total. The predicted octanol–water partition coefficient (Wildman–Crippen LogP) is 4.20. The number of unbranched alkanes of at least 4 members (excludes halogenated alkanes) is 3. The van der Waals surface area contributed by atoms with Crippen LogP contribution in [0.1, 0.15) is 45.4 Å². The highest BCUT2D eigenvalue weighted by atomic mass is 35.5. The number of nitrogens with one attached hydrogen (secondary N) is 2. The van der Waals surface area contributed by atoms with Crippen molar-refractivity contribution in [3.05, 3.63) is 62.4 Å². The van der Waals surface area contributed by atoms with Crippen molar-refractivity contribution in [3.8, 4) is 34.0 Å². The number of pyridine rings is 1. The number of ether oxygens (including phenoxy) is 1. The molecule has 0 radical (unpaired) electrons. The molecular weight excluding hydrogens is 482 g/mol. The molecular formula is C25H28ClN7O3. The summed E-state index contributed by atoms with van der Waals surface area (Å²) >= 11 is 6.56. The maximum absolute atomic E-state index is 13.3. The van der Waals surface area contributed by atoms with E-state index in [1.807, 2.05) is 24.3 Å². The van der Waals surface area contributed by atoms with Gasteiger partial charge < -0.3 is 9.72 Å². The third-order valence-corrected chi connectivity index (χ3v) is 6.51. The molecule has 0 saturated heterocycles. The minimum Gasteiger partial charge on any atom is -0.494 e. The summed E-state index contributed by atoms with van der Waals surface area (Å²) in [6.45, 7) is 3.61. The van der Waals surface area contributed by atoms with E-state index in [9.17, 15) is 9.59 Å². The summed E-state index contributed by atoms with van der Waals surface area (Å²) in [6.07, 6.45) is 8.64. The quantitative estimate of drug-likeness (QED) is 0.292. The molecule has 0 unspecified atom stereocenters. The molecule has 11 heteroatoms. The van der Waals surface area contributed by atoms with E-state index in [0.29, 0.717) is 34.5 Å². The maximum atomic E-state index is 13.3. The Labute approximate surface area is 212 Å². The highest BCUT2D eigenvalue weighted by Crippen LogP contribution is 2.34. The molecule has 1 saturated carbocycles. The maximum Gasteiger partial charge on any atom is 0.366 e. The van der Waals surface area contributed by atoms with Gasteiger partial charge in [0.05, 0.1) is 11.6 Å². The highest BCUT2D eigenvalue weighted by Gasteiger charge is 2.25. The Morgan fingerprint density at radius 2 is 1.94 bits per heavy atom. The number of benzene rings is 1. The number of H-pyrrole nitrogens is 2. The highest BCUT2D eigenvalue weighted by molar-refractivity contribution is 6.33. The van der Waals surface area contributed by atoms with Gasteiger partial charge in [-0.05, 0) is 71.5 Å². The van der Waals surface area contributed by atoms with Crippen LogP contribution in [-0.4, -0.2) is 41.6 Å². The second-order valence-corrected chi connectivity index (χ2v) is 9.52. The van der Waals surface area contributed by atoms with Gasteiger partial charge >= 0.3 is 5.69 Å². The second kappa shape index (κ2) is 10.5. The number of nitrogens with zero attached hydrogens (tertiary/aromatic N) is 5. The van der Waals surface area contributed by atoms with Gasteiger partial charge in [-0.2, -0.15) is 9.78 Å². The molecule has 1 aliphatic carbocycles. The van der Waals surface area contributed by atoms with Crippen LogP contribution in [0.5, 0.6) is 5.75 Å². The Hall–Kier alpha value is -3.66. The van der Waals surface area contributed by atoms with E-state index in [1.165, 1.54) is 25.7 Å². The lowest BCUT2D eigenvalue weighted by atomic mass is 10.1. The first-order valence-corrected chi connectivity index (χ1v) is 12.7. The van der Waals surface area contributed by atoms with Gasteiger partial charge in [0.2, 0.25) is 0 Å². The van der Waals surface area contributed by atoms with Gasteiger partial charge in [0.25, 0.3) is 5.56 Å². The van der Waals surface area contributed by atoms with Crippen LogP contribution < -0.4 is 16.0 Å². The lowest BCUT2D eigenvalue weighted by Gasteiger charge is -2.11. The average molecular weight is 510 g/mol. The van der Waals surface area contributed by atoms with Gasteiger partial charge in [0.1, 0.15) is 17.1 Å². The Morgan fingerprint density at radius 3 is 2.64 bits per heavy atom. The zero-order valence-corrected chi connectivity index (χ0v) is 20.8. The molecule has 0 atom stereocenters. The molecule has 0 aliphatic heterocycles. The first kappa shape index (κ1) is 24.1. The first-order valence-electron chi connectivity index (χ1n) is 12.3. The molecule has 36 heavy (non-hydrogen) atoms. The molecule has 10 nitrogen and oxygen atoms in total. The standard InChI is InChI=1S/C25H28ClN7O3/c1-2-3-4-5-12-36-18-10-8-17(9-11-18)21-13-19(22-20(26)15-32(29-22)14-16-6-7-16)23(24(34)27-21)33-25(35)28-30-31-33/h8-11,13,15-16H,2-7,12,14H2,1H3,(H,27,34)(H,28,31,35). The van der Waals surface area contributed by atoms with Gasteiger partial charge in [0, 0.05) is 24.0 Å². The molecule has 1 aromatic carbocycles. The summed E-state index contributed by atoms with van der Waals surface area (Å²) in [4.78, 5) is 28.4. The third kappa shape index (κ3) is 5.28. The molecule has 1 aliphatic rings. The summed E-state index contributed by atoms with van der Waals surface area (Å²) in [5.41, 5.74) is 0.980. The van der Waals surface area contributed by atoms with Crippen molar-refractivity contribution in [1.29, 1.82) is 0 Å². The Kier molecular flexibility index (Phi) is 7.04. The monoisotopic (exact) mass is 509 g/mol. The van der Waals surface area contributed by atoms with Gasteiger partial charge in [-0.25, -0.2) is 9.89 Å². The Balaban J connectivity index is 1.50. The van der Waals surface area contributed by atoms with E-state index < -0.39 is 11.2 Å². The zero-order chi connectivity index (χ0) is 25.1. The minimum atomic E-state index is -0.636. The summed E-state index contributed by atoms with van der Waals surface area (Å²) < 4.78 is 8.55. The van der Waals surface area contributed by atoms with Crippen LogP contribution in [0.15, 0.2) is 46.1 Å². The number of hydrogen-bond acceptors (Lipinski definition) is 6. The van der Waals surface area contributed by atoms with E-state index in [0.717, 1.165) is 35.4 Å². The summed E-state index contributed by atoms with van der Waals surface area (Å²) in [5.74, 6) is 1.36. The summed E-state index contributed by atoms with van der Waals surface area (Å²) in [6, 6.07) is 9.27. The van der Waals surface area contributed by atoms with Crippen LogP contribution in [0.25, 0.3) is 28.2 Å². The van der Waals surface area contributed by atoms with Crippen LogP contribution in [0.3, 0.4) is 0 Å². The van der Waals surface area contributed by atoms with Gasteiger partial charge in [-0.3, -0.25) is 9.48 Å². The molecule has 0 amide bonds. The SMILES string of the molecule is CCCCCCOc1ccc(-c2cc(-c3nn(CC4CC4)cc3Cl)c(-n3nn[nH]c3=O)c(=O)[nH]2)cc1. The number of halogens is 1. The van der Waals surface area contributed by atoms with Crippen molar-refractivity contribution >= 4 is 11.6 Å². The molecule has 0 spiro atoms. The van der Waals surface area contributed by atoms with Crippen LogP contribution in [0.4, 0.5) is 0 Å². The second-order valence-electron chi connectivity index (χ2n) is 9.12. The van der Waals surface area contributed by atoms with Crippen molar-refractivity contribution in [2.45, 2.75) is 52.0 Å². The topological polar surface area (TPSA) is 123 Å². The predicted molar refractivity (Wildman–Crippen MR) is 137 cm³/mol. The normalized spacial score (nSPS) is 13.3. The lowest BCUT2D eigenvalue weighted by molar-refractivity contribution is 0.305. The van der Waals surface area contributed by atoms with E-state index in [-0.39, 0.29) is 5.69 Å². The number of rotatable bonds is 11. The average Bonchev–Trinajstić information content (AvgIpc) is 3.47. The van der Waals surface area contributed by atoms with Gasteiger partial charge in [0.15, 0.2) is 0 Å². The number of aromatic amines is 2. The Bertz CT molecular complexity index is 1450. The molecule has 1 fully saturated rings. The number of aromatic nitrogens is 7. The molecule has 0 bridgehead atoms. The van der Waals surface area contributed by atoms with Gasteiger partial charge in [-0.15, -0.1) is 0 Å².